The molecule has 0 amide bonds. The van der Waals surface area contributed by atoms with Gasteiger partial charge in [0.15, 0.2) is 0 Å². The molecule has 0 bridgehead atoms. The summed E-state index contributed by atoms with van der Waals surface area (Å²) >= 11 is 0. The lowest BCUT2D eigenvalue weighted by atomic mass is 9.43. The normalized spacial score (nSPS) is 49.6. The second kappa shape index (κ2) is 8.05. The predicted octanol–water partition coefficient (Wildman–Crippen LogP) is 3.35. The molecular weight excluding hydrogens is 364 g/mol. The van der Waals surface area contributed by atoms with E-state index in [0.29, 0.717) is 23.2 Å². The molecule has 0 heterocycles. The van der Waals surface area contributed by atoms with Gasteiger partial charge in [0.2, 0.25) is 0 Å². The van der Waals surface area contributed by atoms with E-state index < -0.39 is 5.60 Å². The number of nitrogens with zero attached hydrogens (tertiary/aromatic N) is 1. The van der Waals surface area contributed by atoms with Gasteiger partial charge in [-0.05, 0) is 108 Å². The first-order valence-corrected chi connectivity index (χ1v) is 12.1. The average molecular weight is 409 g/mol. The SMILES string of the molecule is CN(C)CCCON[C@H]1CC[C@]2(O)[C@@H]3CC[C@@H]4C[C@@H](O)CC[C@]4(C)[C@H]3CC[C@]12C. The lowest BCUT2D eigenvalue weighted by molar-refractivity contribution is -0.211. The van der Waals surface area contributed by atoms with Crippen molar-refractivity contribution in [3.05, 3.63) is 0 Å². The van der Waals surface area contributed by atoms with Gasteiger partial charge in [-0.15, -0.1) is 0 Å². The first kappa shape index (κ1) is 22.0. The van der Waals surface area contributed by atoms with E-state index in [-0.39, 0.29) is 17.6 Å². The van der Waals surface area contributed by atoms with Crippen molar-refractivity contribution in [1.82, 2.24) is 10.4 Å². The molecule has 0 aromatic carbocycles. The average Bonchev–Trinajstić information content (AvgIpc) is 2.93. The summed E-state index contributed by atoms with van der Waals surface area (Å²) in [5.74, 6) is 1.64. The fourth-order valence-corrected chi connectivity index (χ4v) is 8.00. The molecule has 4 fully saturated rings. The molecule has 29 heavy (non-hydrogen) atoms. The van der Waals surface area contributed by atoms with Crippen LogP contribution in [0.25, 0.3) is 0 Å². The molecular formula is C24H44N2O3. The Morgan fingerprint density at radius 2 is 1.79 bits per heavy atom. The molecule has 5 heteroatoms. The Labute approximate surface area is 177 Å². The van der Waals surface area contributed by atoms with Crippen LogP contribution in [0.4, 0.5) is 0 Å². The summed E-state index contributed by atoms with van der Waals surface area (Å²) in [5.41, 5.74) is 2.99. The minimum Gasteiger partial charge on any atom is -0.393 e. The van der Waals surface area contributed by atoms with E-state index in [0.717, 1.165) is 64.5 Å². The topological polar surface area (TPSA) is 65.0 Å². The minimum absolute atomic E-state index is 0.104. The van der Waals surface area contributed by atoms with E-state index in [9.17, 15) is 10.2 Å². The fraction of sp³-hybridized carbons (Fsp3) is 1.00. The van der Waals surface area contributed by atoms with Crippen molar-refractivity contribution in [3.8, 4) is 0 Å². The minimum atomic E-state index is -0.579. The van der Waals surface area contributed by atoms with Crippen LogP contribution in [0.1, 0.15) is 78.1 Å². The van der Waals surface area contributed by atoms with E-state index in [2.05, 4.69) is 38.3 Å². The fourth-order valence-electron chi connectivity index (χ4n) is 8.00. The number of aliphatic hydroxyl groups excluding tert-OH is 1. The van der Waals surface area contributed by atoms with Gasteiger partial charge in [0.1, 0.15) is 0 Å². The van der Waals surface area contributed by atoms with Gasteiger partial charge >= 0.3 is 0 Å². The quantitative estimate of drug-likeness (QED) is 0.465. The molecule has 0 aromatic rings. The molecule has 3 N–H and O–H groups in total. The van der Waals surface area contributed by atoms with Gasteiger partial charge in [0.25, 0.3) is 0 Å². The van der Waals surface area contributed by atoms with Gasteiger partial charge in [-0.1, -0.05) is 13.8 Å². The smallest absolute Gasteiger partial charge is 0.0748 e. The molecule has 0 aliphatic heterocycles. The number of hydrogen-bond donors (Lipinski definition) is 3. The van der Waals surface area contributed by atoms with Gasteiger partial charge < -0.3 is 20.0 Å². The monoisotopic (exact) mass is 408 g/mol. The maximum Gasteiger partial charge on any atom is 0.0748 e. The number of aliphatic hydroxyl groups is 2. The summed E-state index contributed by atoms with van der Waals surface area (Å²) in [7, 11) is 4.18. The Hall–Kier alpha value is -0.200. The molecule has 4 aliphatic carbocycles. The first-order chi connectivity index (χ1) is 13.7. The first-order valence-electron chi connectivity index (χ1n) is 12.1. The Balaban J connectivity index is 1.44. The Bertz CT molecular complexity index is 586. The van der Waals surface area contributed by atoms with Crippen LogP contribution < -0.4 is 5.48 Å². The van der Waals surface area contributed by atoms with Crippen molar-refractivity contribution >= 4 is 0 Å². The summed E-state index contributed by atoms with van der Waals surface area (Å²) in [5, 5.41) is 22.3. The number of rotatable bonds is 6. The number of fused-ring (bicyclic) bond motifs is 5. The molecule has 4 saturated carbocycles. The lowest BCUT2D eigenvalue weighted by Crippen LogP contribution is -2.64. The predicted molar refractivity (Wildman–Crippen MR) is 115 cm³/mol. The van der Waals surface area contributed by atoms with Crippen LogP contribution in [0, 0.1) is 28.6 Å². The molecule has 168 valence electrons. The third-order valence-corrected chi connectivity index (χ3v) is 9.90. The van der Waals surface area contributed by atoms with Gasteiger partial charge in [-0.25, -0.2) is 0 Å². The Morgan fingerprint density at radius 3 is 2.55 bits per heavy atom. The van der Waals surface area contributed by atoms with Crippen molar-refractivity contribution < 1.29 is 15.1 Å². The van der Waals surface area contributed by atoms with Gasteiger partial charge in [-0.2, -0.15) is 5.48 Å². The molecule has 4 rings (SSSR count). The van der Waals surface area contributed by atoms with Gasteiger partial charge in [0, 0.05) is 11.5 Å². The molecule has 0 aromatic heterocycles. The molecule has 0 saturated heterocycles. The Kier molecular flexibility index (Phi) is 6.11. The van der Waals surface area contributed by atoms with E-state index in [1.165, 1.54) is 12.8 Å². The zero-order valence-electron chi connectivity index (χ0n) is 19.1. The summed E-state index contributed by atoms with van der Waals surface area (Å²) < 4.78 is 0. The van der Waals surface area contributed by atoms with E-state index >= 15 is 0 Å². The number of hydrogen-bond acceptors (Lipinski definition) is 5. The van der Waals surface area contributed by atoms with Gasteiger partial charge in [0.05, 0.1) is 18.3 Å². The maximum atomic E-state index is 12.1. The van der Waals surface area contributed by atoms with E-state index in [4.69, 9.17) is 4.84 Å². The van der Waals surface area contributed by atoms with E-state index in [1.807, 2.05) is 0 Å². The third-order valence-electron chi connectivity index (χ3n) is 9.90. The highest BCUT2D eigenvalue weighted by atomic mass is 16.6. The van der Waals surface area contributed by atoms with Crippen molar-refractivity contribution in [2.24, 2.45) is 28.6 Å². The van der Waals surface area contributed by atoms with E-state index in [1.54, 1.807) is 0 Å². The highest BCUT2D eigenvalue weighted by Gasteiger charge is 2.67. The molecule has 0 unspecified atom stereocenters. The third kappa shape index (κ3) is 3.59. The highest BCUT2D eigenvalue weighted by molar-refractivity contribution is 5.18. The summed E-state index contributed by atoms with van der Waals surface area (Å²) in [6.07, 6.45) is 10.4. The van der Waals surface area contributed by atoms with Crippen LogP contribution >= 0.6 is 0 Å². The Morgan fingerprint density at radius 1 is 1.00 bits per heavy atom. The summed E-state index contributed by atoms with van der Waals surface area (Å²) in [6, 6.07) is 0.242. The van der Waals surface area contributed by atoms with Crippen LogP contribution in [0.15, 0.2) is 0 Å². The molecule has 4 aliphatic rings. The zero-order valence-corrected chi connectivity index (χ0v) is 19.1. The van der Waals surface area contributed by atoms with Crippen LogP contribution in [-0.4, -0.2) is 60.1 Å². The number of hydroxylamine groups is 1. The number of nitrogens with one attached hydrogen (secondary N) is 1. The van der Waals surface area contributed by atoms with Crippen LogP contribution in [-0.2, 0) is 4.84 Å². The second-order valence-corrected chi connectivity index (χ2v) is 11.5. The highest BCUT2D eigenvalue weighted by Crippen LogP contribution is 2.67. The van der Waals surface area contributed by atoms with Gasteiger partial charge in [-0.3, -0.25) is 0 Å². The van der Waals surface area contributed by atoms with Crippen molar-refractivity contribution in [1.29, 1.82) is 0 Å². The van der Waals surface area contributed by atoms with Crippen LogP contribution in [0.5, 0.6) is 0 Å². The second-order valence-electron chi connectivity index (χ2n) is 11.5. The summed E-state index contributed by atoms with van der Waals surface area (Å²) in [6.45, 7) is 6.55. The van der Waals surface area contributed by atoms with Crippen LogP contribution in [0.3, 0.4) is 0 Å². The van der Waals surface area contributed by atoms with Crippen molar-refractivity contribution in [2.45, 2.75) is 95.8 Å². The lowest BCUT2D eigenvalue weighted by Gasteiger charge is -2.63. The van der Waals surface area contributed by atoms with Crippen molar-refractivity contribution in [2.75, 3.05) is 27.2 Å². The molecule has 8 atom stereocenters. The molecule has 0 radical (unpaired) electrons. The largest absolute Gasteiger partial charge is 0.393 e. The molecule has 0 spiro atoms. The van der Waals surface area contributed by atoms with Crippen LogP contribution in [0.2, 0.25) is 0 Å². The summed E-state index contributed by atoms with van der Waals surface area (Å²) in [4.78, 5) is 8.05. The zero-order chi connectivity index (χ0) is 20.9. The standard InChI is InChI=1S/C24H44N2O3/c1-22-11-8-18(27)16-17(22)6-7-20-19(22)9-12-23(2)21(10-13-24(20,23)28)25-29-15-5-14-26(3)4/h17-21,25,27-28H,5-16H2,1-4H3/t17-,18+,19+,20-,21+,22+,23-,24+/m1/s1. The molecule has 5 nitrogen and oxygen atoms in total. The maximum absolute atomic E-state index is 12.1. The van der Waals surface area contributed by atoms with Crippen molar-refractivity contribution in [3.63, 3.8) is 0 Å².